The fourth-order valence-corrected chi connectivity index (χ4v) is 1.88. The van der Waals surface area contributed by atoms with Crippen LogP contribution in [0.2, 0.25) is 0 Å². The maximum absolute atomic E-state index is 9.72. The lowest BCUT2D eigenvalue weighted by molar-refractivity contribution is -0.291. The molecular weight excluding hydrogens is 204 g/mol. The minimum atomic E-state index is -1.39. The Morgan fingerprint density at radius 1 is 1.00 bits per heavy atom. The van der Waals surface area contributed by atoms with Gasteiger partial charge in [0.25, 0.3) is 0 Å². The second-order valence-corrected chi connectivity index (χ2v) is 4.00. The van der Waals surface area contributed by atoms with Crippen molar-refractivity contribution in [2.45, 2.75) is 43.7 Å². The summed E-state index contributed by atoms with van der Waals surface area (Å²) in [6, 6.07) is 0. The molecule has 2 saturated heterocycles. The molecule has 0 aromatic carbocycles. The Hall–Kier alpha value is -0.240. The summed E-state index contributed by atoms with van der Waals surface area (Å²) in [5, 5.41) is 28.4. The minimum Gasteiger partial charge on any atom is -0.387 e. The van der Waals surface area contributed by atoms with Gasteiger partial charge in [-0.15, -0.1) is 0 Å². The zero-order chi connectivity index (χ0) is 11.0. The summed E-state index contributed by atoms with van der Waals surface area (Å²) in [6.07, 6.45) is -5.23. The lowest BCUT2D eigenvalue weighted by Gasteiger charge is -2.39. The van der Waals surface area contributed by atoms with Crippen molar-refractivity contribution in [1.82, 2.24) is 0 Å². The van der Waals surface area contributed by atoms with Crippen molar-refractivity contribution < 1.29 is 29.5 Å². The second kappa shape index (κ2) is 4.32. The van der Waals surface area contributed by atoms with E-state index < -0.39 is 30.7 Å². The molecule has 0 aromatic heterocycles. The first-order valence-electron chi connectivity index (χ1n) is 5.02. The quantitative estimate of drug-likeness (QED) is 0.448. The molecule has 0 spiro atoms. The highest BCUT2D eigenvalue weighted by Gasteiger charge is 2.46. The van der Waals surface area contributed by atoms with Crippen LogP contribution in [0.3, 0.4) is 0 Å². The summed E-state index contributed by atoms with van der Waals surface area (Å²) < 4.78 is 15.8. The van der Waals surface area contributed by atoms with E-state index in [9.17, 15) is 15.3 Å². The van der Waals surface area contributed by atoms with Crippen molar-refractivity contribution in [3.05, 3.63) is 0 Å². The third-order valence-electron chi connectivity index (χ3n) is 2.68. The molecule has 2 heterocycles. The van der Waals surface area contributed by atoms with Gasteiger partial charge in [0.05, 0.1) is 19.3 Å². The lowest BCUT2D eigenvalue weighted by Crippen LogP contribution is -2.59. The highest BCUT2D eigenvalue weighted by Crippen LogP contribution is 2.25. The fraction of sp³-hybridized carbons (Fsp3) is 1.00. The van der Waals surface area contributed by atoms with Gasteiger partial charge in [0.2, 0.25) is 0 Å². The zero-order valence-electron chi connectivity index (χ0n) is 8.44. The van der Waals surface area contributed by atoms with Crippen molar-refractivity contribution in [1.29, 1.82) is 0 Å². The number of ether oxygens (including phenoxy) is 3. The van der Waals surface area contributed by atoms with Gasteiger partial charge in [0.15, 0.2) is 6.29 Å². The summed E-state index contributed by atoms with van der Waals surface area (Å²) in [5.41, 5.74) is 0. The molecule has 88 valence electrons. The Balaban J connectivity index is 2.11. The molecule has 0 radical (unpaired) electrons. The number of fused-ring (bicyclic) bond motifs is 1. The molecule has 2 fully saturated rings. The van der Waals surface area contributed by atoms with Crippen LogP contribution in [0.25, 0.3) is 0 Å². The van der Waals surface area contributed by atoms with Crippen LogP contribution in [0.15, 0.2) is 0 Å². The molecule has 6 heteroatoms. The van der Waals surface area contributed by atoms with Crippen molar-refractivity contribution in [3.63, 3.8) is 0 Å². The largest absolute Gasteiger partial charge is 0.387 e. The molecule has 15 heavy (non-hydrogen) atoms. The molecule has 0 saturated carbocycles. The Labute approximate surface area is 87.4 Å². The predicted octanol–water partition coefficient (Wildman–Crippen LogP) is -1.77. The predicted molar refractivity (Wildman–Crippen MR) is 48.0 cm³/mol. The molecule has 2 aliphatic heterocycles. The highest BCUT2D eigenvalue weighted by atomic mass is 16.7. The van der Waals surface area contributed by atoms with Crippen LogP contribution in [-0.2, 0) is 14.2 Å². The van der Waals surface area contributed by atoms with E-state index in [1.807, 2.05) is 6.92 Å². The Morgan fingerprint density at radius 2 is 1.73 bits per heavy atom. The molecule has 0 amide bonds. The van der Waals surface area contributed by atoms with Crippen molar-refractivity contribution in [2.24, 2.45) is 0 Å². The standard InChI is InChI=1S/C9H16O6/c1-4-2-13-3-5-8(14-4)6(10)7(11)9(12)15-5/h4-12H,2-3H2,1H3. The summed E-state index contributed by atoms with van der Waals surface area (Å²) >= 11 is 0. The van der Waals surface area contributed by atoms with Crippen molar-refractivity contribution in [3.8, 4) is 0 Å². The van der Waals surface area contributed by atoms with E-state index in [2.05, 4.69) is 0 Å². The summed E-state index contributed by atoms with van der Waals surface area (Å²) in [5.74, 6) is 0. The molecule has 0 bridgehead atoms. The van der Waals surface area contributed by atoms with Gasteiger partial charge in [-0.3, -0.25) is 0 Å². The number of hydrogen-bond acceptors (Lipinski definition) is 6. The molecule has 2 aliphatic rings. The first kappa shape index (κ1) is 11.3. The zero-order valence-corrected chi connectivity index (χ0v) is 8.44. The van der Waals surface area contributed by atoms with Gasteiger partial charge in [-0.25, -0.2) is 0 Å². The lowest BCUT2D eigenvalue weighted by atomic mass is 9.99. The average molecular weight is 220 g/mol. The molecule has 0 aromatic rings. The van der Waals surface area contributed by atoms with Crippen LogP contribution in [-0.4, -0.2) is 65.3 Å². The summed E-state index contributed by atoms with van der Waals surface area (Å²) in [4.78, 5) is 0. The molecule has 2 rings (SSSR count). The topological polar surface area (TPSA) is 88.4 Å². The Kier molecular flexibility index (Phi) is 3.24. The monoisotopic (exact) mass is 220 g/mol. The van der Waals surface area contributed by atoms with E-state index in [-0.39, 0.29) is 12.7 Å². The Bertz CT molecular complexity index is 223. The molecule has 0 aliphatic carbocycles. The SMILES string of the molecule is CC1COCC2OC(O)C(O)C(O)C2O1. The normalized spacial score (nSPS) is 52.0. The summed E-state index contributed by atoms with van der Waals surface area (Å²) in [7, 11) is 0. The molecular formula is C9H16O6. The maximum Gasteiger partial charge on any atom is 0.184 e. The van der Waals surface area contributed by atoms with Gasteiger partial charge in [-0.1, -0.05) is 0 Å². The summed E-state index contributed by atoms with van der Waals surface area (Å²) in [6.45, 7) is 2.47. The highest BCUT2D eigenvalue weighted by molar-refractivity contribution is 4.91. The smallest absolute Gasteiger partial charge is 0.184 e. The average Bonchev–Trinajstić information content (AvgIpc) is 2.37. The van der Waals surface area contributed by atoms with E-state index in [1.165, 1.54) is 0 Å². The van der Waals surface area contributed by atoms with E-state index in [1.54, 1.807) is 0 Å². The first-order chi connectivity index (χ1) is 7.09. The van der Waals surface area contributed by atoms with Crippen LogP contribution in [0, 0.1) is 0 Å². The third kappa shape index (κ3) is 2.15. The van der Waals surface area contributed by atoms with Crippen LogP contribution in [0.1, 0.15) is 6.92 Å². The number of aliphatic hydroxyl groups excluding tert-OH is 3. The number of rotatable bonds is 0. The van der Waals surface area contributed by atoms with Gasteiger partial charge in [0, 0.05) is 0 Å². The fourth-order valence-electron chi connectivity index (χ4n) is 1.88. The molecule has 6 unspecified atom stereocenters. The van der Waals surface area contributed by atoms with Gasteiger partial charge in [0.1, 0.15) is 24.4 Å². The van der Waals surface area contributed by atoms with Gasteiger partial charge in [-0.05, 0) is 6.92 Å². The maximum atomic E-state index is 9.72. The van der Waals surface area contributed by atoms with Crippen LogP contribution < -0.4 is 0 Å². The second-order valence-electron chi connectivity index (χ2n) is 4.00. The van der Waals surface area contributed by atoms with E-state index in [0.717, 1.165) is 0 Å². The minimum absolute atomic E-state index is 0.166. The van der Waals surface area contributed by atoms with Gasteiger partial charge in [-0.2, -0.15) is 0 Å². The third-order valence-corrected chi connectivity index (χ3v) is 2.68. The molecule has 6 nitrogen and oxygen atoms in total. The van der Waals surface area contributed by atoms with E-state index >= 15 is 0 Å². The van der Waals surface area contributed by atoms with Gasteiger partial charge < -0.3 is 29.5 Å². The van der Waals surface area contributed by atoms with E-state index in [0.29, 0.717) is 6.61 Å². The Morgan fingerprint density at radius 3 is 2.47 bits per heavy atom. The number of aliphatic hydroxyl groups is 3. The van der Waals surface area contributed by atoms with Crippen molar-refractivity contribution >= 4 is 0 Å². The first-order valence-corrected chi connectivity index (χ1v) is 5.02. The van der Waals surface area contributed by atoms with E-state index in [4.69, 9.17) is 14.2 Å². The van der Waals surface area contributed by atoms with Crippen molar-refractivity contribution in [2.75, 3.05) is 13.2 Å². The molecule has 6 atom stereocenters. The van der Waals surface area contributed by atoms with Crippen LogP contribution >= 0.6 is 0 Å². The van der Waals surface area contributed by atoms with Crippen LogP contribution in [0.4, 0.5) is 0 Å². The number of hydrogen-bond donors (Lipinski definition) is 3. The van der Waals surface area contributed by atoms with Gasteiger partial charge >= 0.3 is 0 Å². The van der Waals surface area contributed by atoms with Crippen LogP contribution in [0.5, 0.6) is 0 Å². The molecule has 3 N–H and O–H groups in total.